The van der Waals surface area contributed by atoms with E-state index in [0.717, 1.165) is 12.1 Å². The lowest BCUT2D eigenvalue weighted by molar-refractivity contribution is -0.123. The van der Waals surface area contributed by atoms with Crippen LogP contribution >= 0.6 is 0 Å². The Kier molecular flexibility index (Phi) is 4.33. The van der Waals surface area contributed by atoms with Crippen LogP contribution in [0.1, 0.15) is 15.9 Å². The fourth-order valence-electron chi connectivity index (χ4n) is 1.21. The first-order valence-electron chi connectivity index (χ1n) is 5.15. The van der Waals surface area contributed by atoms with Gasteiger partial charge in [-0.2, -0.15) is 8.78 Å². The third-order valence-electron chi connectivity index (χ3n) is 2.45. The van der Waals surface area contributed by atoms with Crippen molar-refractivity contribution in [1.82, 2.24) is 5.32 Å². The van der Waals surface area contributed by atoms with Gasteiger partial charge in [-0.25, -0.2) is 13.2 Å². The quantitative estimate of drug-likeness (QED) is 0.658. The number of hydrogen-bond donors (Lipinski definition) is 2. The number of amides is 1. The molecule has 0 spiro atoms. The average molecular weight is 282 g/mol. The highest BCUT2D eigenvalue weighted by Crippen LogP contribution is 2.22. The molecule has 0 saturated carbocycles. The van der Waals surface area contributed by atoms with E-state index < -0.39 is 30.6 Å². The van der Waals surface area contributed by atoms with E-state index in [1.807, 2.05) is 0 Å². The molecule has 0 fully saturated rings. The van der Waals surface area contributed by atoms with Crippen LogP contribution in [0.3, 0.4) is 0 Å². The molecule has 3 N–H and O–H groups in total. The van der Waals surface area contributed by atoms with Crippen molar-refractivity contribution in [1.29, 1.82) is 0 Å². The van der Waals surface area contributed by atoms with Crippen molar-refractivity contribution < 1.29 is 26.7 Å². The Hall–Kier alpha value is -1.86. The molecule has 1 amide bonds. The maximum Gasteiger partial charge on any atom is 0.324 e. The Morgan fingerprint density at radius 2 is 2.00 bits per heavy atom. The first kappa shape index (κ1) is 15.2. The number of rotatable bonds is 4. The number of carbonyl (C=O) groups excluding carboxylic acids is 1. The molecule has 0 atom stereocenters. The van der Waals surface area contributed by atoms with Crippen LogP contribution in [0.15, 0.2) is 12.1 Å². The van der Waals surface area contributed by atoms with Crippen molar-refractivity contribution in [3.63, 3.8) is 0 Å². The number of nitrogen functional groups attached to an aromatic ring is 1. The summed E-state index contributed by atoms with van der Waals surface area (Å²) in [6.07, 6.45) is -3.90. The molecule has 0 aromatic heterocycles. The van der Waals surface area contributed by atoms with Gasteiger partial charge in [-0.15, -0.1) is 0 Å². The van der Waals surface area contributed by atoms with Crippen molar-refractivity contribution in [2.24, 2.45) is 0 Å². The topological polar surface area (TPSA) is 55.1 Å². The summed E-state index contributed by atoms with van der Waals surface area (Å²) in [5.74, 6) is -6.23. The SMILES string of the molecule is Cc1c(N)cc(C(=O)NCC(F)(F)C(F)F)cc1F. The van der Waals surface area contributed by atoms with Gasteiger partial charge in [0.05, 0.1) is 6.54 Å². The molecule has 8 heteroatoms. The number of benzene rings is 1. The van der Waals surface area contributed by atoms with Crippen LogP contribution in [-0.4, -0.2) is 24.8 Å². The Morgan fingerprint density at radius 1 is 1.42 bits per heavy atom. The number of carbonyl (C=O) groups is 1. The van der Waals surface area contributed by atoms with Crippen LogP contribution in [-0.2, 0) is 0 Å². The number of hydrogen-bond acceptors (Lipinski definition) is 2. The molecule has 19 heavy (non-hydrogen) atoms. The fraction of sp³-hybridized carbons (Fsp3) is 0.364. The Bertz CT molecular complexity index is 467. The molecule has 0 bridgehead atoms. The number of halogens is 5. The van der Waals surface area contributed by atoms with E-state index in [9.17, 15) is 26.7 Å². The summed E-state index contributed by atoms with van der Waals surface area (Å²) in [5, 5.41) is 1.60. The molecule has 1 aromatic rings. The molecule has 0 aliphatic heterocycles. The minimum Gasteiger partial charge on any atom is -0.398 e. The monoisotopic (exact) mass is 282 g/mol. The van der Waals surface area contributed by atoms with Crippen LogP contribution in [0.5, 0.6) is 0 Å². The molecule has 0 radical (unpaired) electrons. The third kappa shape index (κ3) is 3.55. The molecule has 3 nitrogen and oxygen atoms in total. The minimum atomic E-state index is -4.34. The molecule has 0 unspecified atom stereocenters. The summed E-state index contributed by atoms with van der Waals surface area (Å²) >= 11 is 0. The Labute approximate surface area is 105 Å². The van der Waals surface area contributed by atoms with Gasteiger partial charge in [-0.3, -0.25) is 4.79 Å². The molecule has 0 aliphatic rings. The average Bonchev–Trinajstić information content (AvgIpc) is 2.32. The third-order valence-corrected chi connectivity index (χ3v) is 2.45. The summed E-state index contributed by atoms with van der Waals surface area (Å²) in [5.41, 5.74) is 5.16. The van der Waals surface area contributed by atoms with Crippen molar-refractivity contribution in [2.75, 3.05) is 12.3 Å². The molecule has 0 aliphatic carbocycles. The summed E-state index contributed by atoms with van der Waals surface area (Å²) < 4.78 is 62.2. The lowest BCUT2D eigenvalue weighted by Gasteiger charge is -2.16. The van der Waals surface area contributed by atoms with Gasteiger partial charge in [0.25, 0.3) is 5.91 Å². The first-order chi connectivity index (χ1) is 8.65. The number of nitrogens with one attached hydrogen (secondary N) is 1. The second-order valence-corrected chi connectivity index (χ2v) is 3.92. The van der Waals surface area contributed by atoms with Crippen LogP contribution in [0.2, 0.25) is 0 Å². The predicted octanol–water partition coefficient (Wildman–Crippen LogP) is 2.35. The van der Waals surface area contributed by atoms with Gasteiger partial charge in [-0.1, -0.05) is 0 Å². The molecular formula is C11H11F5N2O. The van der Waals surface area contributed by atoms with Gasteiger partial charge in [0.1, 0.15) is 5.82 Å². The zero-order valence-electron chi connectivity index (χ0n) is 9.81. The molecule has 1 aromatic carbocycles. The highest BCUT2D eigenvalue weighted by atomic mass is 19.3. The first-order valence-corrected chi connectivity index (χ1v) is 5.15. The fourth-order valence-corrected chi connectivity index (χ4v) is 1.21. The minimum absolute atomic E-state index is 0.0363. The van der Waals surface area contributed by atoms with Crippen LogP contribution in [0.4, 0.5) is 27.6 Å². The van der Waals surface area contributed by atoms with Crippen molar-refractivity contribution in [3.8, 4) is 0 Å². The van der Waals surface area contributed by atoms with Crippen LogP contribution in [0, 0.1) is 12.7 Å². The number of nitrogens with two attached hydrogens (primary N) is 1. The summed E-state index contributed by atoms with van der Waals surface area (Å²) in [6, 6.07) is 1.87. The smallest absolute Gasteiger partial charge is 0.324 e. The lowest BCUT2D eigenvalue weighted by atomic mass is 10.1. The second kappa shape index (κ2) is 5.41. The molecular weight excluding hydrogens is 271 g/mol. The van der Waals surface area contributed by atoms with Gasteiger partial charge in [0.2, 0.25) is 0 Å². The predicted molar refractivity (Wildman–Crippen MR) is 58.8 cm³/mol. The standard InChI is InChI=1S/C11H11F5N2O/c1-5-7(12)2-6(3-8(5)17)9(19)18-4-11(15,16)10(13)14/h2-3,10H,4,17H2,1H3,(H,18,19). The zero-order valence-corrected chi connectivity index (χ0v) is 9.81. The van der Waals surface area contributed by atoms with E-state index in [4.69, 9.17) is 5.73 Å². The second-order valence-electron chi connectivity index (χ2n) is 3.92. The van der Waals surface area contributed by atoms with E-state index in [1.54, 1.807) is 5.32 Å². The Balaban J connectivity index is 2.80. The van der Waals surface area contributed by atoms with Crippen LogP contribution in [0.25, 0.3) is 0 Å². The van der Waals surface area contributed by atoms with E-state index in [0.29, 0.717) is 0 Å². The van der Waals surface area contributed by atoms with Gasteiger partial charge in [0, 0.05) is 16.8 Å². The summed E-state index contributed by atoms with van der Waals surface area (Å²) in [7, 11) is 0. The van der Waals surface area contributed by atoms with Gasteiger partial charge in [0.15, 0.2) is 0 Å². The van der Waals surface area contributed by atoms with Crippen molar-refractivity contribution in [3.05, 3.63) is 29.1 Å². The number of alkyl halides is 4. The van der Waals surface area contributed by atoms with Crippen molar-refractivity contribution in [2.45, 2.75) is 19.3 Å². The lowest BCUT2D eigenvalue weighted by Crippen LogP contribution is -2.41. The maximum atomic E-state index is 13.3. The Morgan fingerprint density at radius 3 is 2.47 bits per heavy atom. The zero-order chi connectivity index (χ0) is 14.8. The molecule has 1 rings (SSSR count). The summed E-state index contributed by atoms with van der Waals surface area (Å²) in [4.78, 5) is 11.4. The van der Waals surface area contributed by atoms with Gasteiger partial charge >= 0.3 is 12.3 Å². The normalized spacial score (nSPS) is 11.7. The van der Waals surface area contributed by atoms with Crippen LogP contribution < -0.4 is 11.1 Å². The van der Waals surface area contributed by atoms with Gasteiger partial charge in [-0.05, 0) is 19.1 Å². The largest absolute Gasteiger partial charge is 0.398 e. The highest BCUT2D eigenvalue weighted by molar-refractivity contribution is 5.95. The number of anilines is 1. The van der Waals surface area contributed by atoms with Crippen molar-refractivity contribution >= 4 is 11.6 Å². The van der Waals surface area contributed by atoms with E-state index in [1.165, 1.54) is 6.92 Å². The molecule has 106 valence electrons. The van der Waals surface area contributed by atoms with E-state index in [2.05, 4.69) is 0 Å². The molecule has 0 heterocycles. The summed E-state index contributed by atoms with van der Waals surface area (Å²) in [6.45, 7) is -0.170. The van der Waals surface area contributed by atoms with Gasteiger partial charge < -0.3 is 11.1 Å². The van der Waals surface area contributed by atoms with E-state index >= 15 is 0 Å². The highest BCUT2D eigenvalue weighted by Gasteiger charge is 2.40. The van der Waals surface area contributed by atoms with E-state index in [-0.39, 0.29) is 16.8 Å². The molecule has 0 saturated heterocycles. The maximum absolute atomic E-state index is 13.3.